The number of nitrogens with one attached hydrogen (secondary N) is 3. The Morgan fingerprint density at radius 1 is 1.29 bits per heavy atom. The summed E-state index contributed by atoms with van der Waals surface area (Å²) >= 11 is 0. The third-order valence-electron chi connectivity index (χ3n) is 5.53. The smallest absolute Gasteiger partial charge is 0.251 e. The zero-order chi connectivity index (χ0) is 19.4. The van der Waals surface area contributed by atoms with Crippen LogP contribution in [0.15, 0.2) is 29.3 Å². The van der Waals surface area contributed by atoms with Gasteiger partial charge < -0.3 is 25.8 Å². The second-order valence-corrected chi connectivity index (χ2v) is 7.75. The van der Waals surface area contributed by atoms with Gasteiger partial charge >= 0.3 is 0 Å². The minimum Gasteiger partial charge on any atom is -0.508 e. The lowest BCUT2D eigenvalue weighted by molar-refractivity contribution is -0.106. The molecule has 3 unspecified atom stereocenters. The third-order valence-corrected chi connectivity index (χ3v) is 5.53. The number of carbonyl (C=O) groups is 1. The van der Waals surface area contributed by atoms with E-state index >= 15 is 0 Å². The normalized spacial score (nSPS) is 25.1. The summed E-state index contributed by atoms with van der Waals surface area (Å²) in [6, 6.07) is 6.53. The molecular formula is C20H31IN4O3. The molecule has 1 saturated heterocycles. The Balaban J connectivity index is 0.00000280. The number of amides is 1. The molecule has 2 fully saturated rings. The van der Waals surface area contributed by atoms with Crippen LogP contribution in [0, 0.1) is 11.3 Å². The number of ether oxygens (including phenoxy) is 1. The number of phenols is 1. The Kier molecular flexibility index (Phi) is 7.94. The highest BCUT2D eigenvalue weighted by atomic mass is 127. The summed E-state index contributed by atoms with van der Waals surface area (Å²) in [7, 11) is 0. The summed E-state index contributed by atoms with van der Waals surface area (Å²) in [5.41, 5.74) is 0.607. The fourth-order valence-corrected chi connectivity index (χ4v) is 4.14. The Morgan fingerprint density at radius 3 is 2.68 bits per heavy atom. The molecule has 1 aromatic carbocycles. The van der Waals surface area contributed by atoms with Gasteiger partial charge in [0.2, 0.25) is 0 Å². The largest absolute Gasteiger partial charge is 0.508 e. The number of fused-ring (bicyclic) bond motifs is 1. The SMILES string of the molecule is CCNC(=NCCNC(=O)c1ccc(O)cc1)NC1C2CCOC2C1(C)C.I. The summed E-state index contributed by atoms with van der Waals surface area (Å²) in [6.07, 6.45) is 1.43. The van der Waals surface area contributed by atoms with Gasteiger partial charge in [-0.25, -0.2) is 0 Å². The van der Waals surface area contributed by atoms with Crippen LogP contribution in [-0.4, -0.2) is 55.4 Å². The minimum absolute atomic E-state index is 0. The van der Waals surface area contributed by atoms with Gasteiger partial charge in [0.15, 0.2) is 5.96 Å². The average Bonchev–Trinajstić information content (AvgIpc) is 3.10. The zero-order valence-electron chi connectivity index (χ0n) is 16.7. The molecule has 1 aliphatic carbocycles. The van der Waals surface area contributed by atoms with E-state index < -0.39 is 0 Å². The number of guanidine groups is 1. The van der Waals surface area contributed by atoms with Gasteiger partial charge in [0.25, 0.3) is 5.91 Å². The van der Waals surface area contributed by atoms with E-state index in [1.807, 2.05) is 6.92 Å². The van der Waals surface area contributed by atoms with Crippen LogP contribution in [-0.2, 0) is 4.74 Å². The Morgan fingerprint density at radius 2 is 2.00 bits per heavy atom. The second-order valence-electron chi connectivity index (χ2n) is 7.75. The molecule has 3 atom stereocenters. The maximum atomic E-state index is 12.1. The van der Waals surface area contributed by atoms with E-state index in [0.717, 1.165) is 25.5 Å². The Hall–Kier alpha value is -1.55. The molecule has 156 valence electrons. The van der Waals surface area contributed by atoms with Crippen LogP contribution < -0.4 is 16.0 Å². The standard InChI is InChI=1S/C20H30N4O3.HI/c1-4-21-19(24-16-15-9-12-27-17(15)20(16,2)3)23-11-10-22-18(26)13-5-7-14(25)8-6-13;/h5-8,15-17,25H,4,9-12H2,1-3H3,(H,22,26)(H2,21,23,24);1H. The van der Waals surface area contributed by atoms with Crippen molar-refractivity contribution in [2.75, 3.05) is 26.2 Å². The number of hydrogen-bond acceptors (Lipinski definition) is 4. The first-order valence-corrected chi connectivity index (χ1v) is 9.67. The first-order valence-electron chi connectivity index (χ1n) is 9.67. The van der Waals surface area contributed by atoms with E-state index in [1.165, 1.54) is 12.1 Å². The van der Waals surface area contributed by atoms with Gasteiger partial charge in [0.05, 0.1) is 12.6 Å². The molecule has 1 heterocycles. The highest BCUT2D eigenvalue weighted by molar-refractivity contribution is 14.0. The number of benzene rings is 1. The predicted molar refractivity (Wildman–Crippen MR) is 120 cm³/mol. The average molecular weight is 502 g/mol. The summed E-state index contributed by atoms with van der Waals surface area (Å²) in [4.78, 5) is 16.7. The van der Waals surface area contributed by atoms with Gasteiger partial charge in [0.1, 0.15) is 5.75 Å². The van der Waals surface area contributed by atoms with E-state index in [2.05, 4.69) is 34.8 Å². The monoisotopic (exact) mass is 502 g/mol. The quantitative estimate of drug-likeness (QED) is 0.207. The van der Waals surface area contributed by atoms with Crippen LogP contribution in [0.25, 0.3) is 0 Å². The second kappa shape index (κ2) is 9.78. The highest BCUT2D eigenvalue weighted by Gasteiger charge is 2.59. The van der Waals surface area contributed by atoms with Gasteiger partial charge in [-0.1, -0.05) is 13.8 Å². The van der Waals surface area contributed by atoms with Gasteiger partial charge in [-0.2, -0.15) is 0 Å². The summed E-state index contributed by atoms with van der Waals surface area (Å²) < 4.78 is 5.85. The number of aromatic hydroxyl groups is 1. The molecule has 7 nitrogen and oxygen atoms in total. The number of aliphatic imine (C=N–C) groups is 1. The van der Waals surface area contributed by atoms with Crippen molar-refractivity contribution >= 4 is 35.8 Å². The van der Waals surface area contributed by atoms with Crippen molar-refractivity contribution in [2.45, 2.75) is 39.3 Å². The molecule has 2 aliphatic rings. The number of phenolic OH excluding ortho intramolecular Hbond substituents is 1. The molecular weight excluding hydrogens is 471 g/mol. The Labute approximate surface area is 183 Å². The molecule has 0 radical (unpaired) electrons. The third kappa shape index (κ3) is 4.89. The molecule has 1 aliphatic heterocycles. The van der Waals surface area contributed by atoms with Gasteiger partial charge in [0, 0.05) is 42.6 Å². The lowest BCUT2D eigenvalue weighted by Gasteiger charge is -2.54. The molecule has 1 aromatic rings. The number of carbonyl (C=O) groups excluding carboxylic acids is 1. The van der Waals surface area contributed by atoms with Crippen molar-refractivity contribution in [2.24, 2.45) is 16.3 Å². The van der Waals surface area contributed by atoms with Crippen LogP contribution in [0.2, 0.25) is 0 Å². The fraction of sp³-hybridized carbons (Fsp3) is 0.600. The van der Waals surface area contributed by atoms with E-state index in [1.54, 1.807) is 12.1 Å². The molecule has 3 rings (SSSR count). The van der Waals surface area contributed by atoms with Crippen LogP contribution >= 0.6 is 24.0 Å². The van der Waals surface area contributed by atoms with Crippen molar-refractivity contribution < 1.29 is 14.6 Å². The van der Waals surface area contributed by atoms with E-state index in [9.17, 15) is 9.90 Å². The van der Waals surface area contributed by atoms with Crippen LogP contribution in [0.5, 0.6) is 5.75 Å². The molecule has 1 amide bonds. The first kappa shape index (κ1) is 22.7. The summed E-state index contributed by atoms with van der Waals surface area (Å²) in [5.74, 6) is 1.29. The van der Waals surface area contributed by atoms with E-state index in [0.29, 0.717) is 36.7 Å². The van der Waals surface area contributed by atoms with Crippen molar-refractivity contribution in [1.82, 2.24) is 16.0 Å². The van der Waals surface area contributed by atoms with Gasteiger partial charge in [-0.15, -0.1) is 24.0 Å². The first-order chi connectivity index (χ1) is 12.9. The van der Waals surface area contributed by atoms with Crippen molar-refractivity contribution in [3.8, 4) is 5.75 Å². The molecule has 8 heteroatoms. The Bertz CT molecular complexity index is 693. The molecule has 0 spiro atoms. The molecule has 0 aromatic heterocycles. The number of rotatable bonds is 6. The molecule has 0 bridgehead atoms. The van der Waals surface area contributed by atoms with Crippen LogP contribution in [0.4, 0.5) is 0 Å². The maximum absolute atomic E-state index is 12.1. The minimum atomic E-state index is -0.172. The molecule has 4 N–H and O–H groups in total. The van der Waals surface area contributed by atoms with Crippen LogP contribution in [0.3, 0.4) is 0 Å². The van der Waals surface area contributed by atoms with Gasteiger partial charge in [-0.05, 0) is 37.6 Å². The highest BCUT2D eigenvalue weighted by Crippen LogP contribution is 2.52. The predicted octanol–water partition coefficient (Wildman–Crippen LogP) is 2.11. The van der Waals surface area contributed by atoms with E-state index in [4.69, 9.17) is 4.74 Å². The number of halogens is 1. The van der Waals surface area contributed by atoms with Crippen molar-refractivity contribution in [3.63, 3.8) is 0 Å². The summed E-state index contributed by atoms with van der Waals surface area (Å²) in [6.45, 7) is 9.06. The van der Waals surface area contributed by atoms with Crippen molar-refractivity contribution in [3.05, 3.63) is 29.8 Å². The summed E-state index contributed by atoms with van der Waals surface area (Å²) in [5, 5.41) is 19.0. The van der Waals surface area contributed by atoms with Crippen LogP contribution in [0.1, 0.15) is 37.6 Å². The maximum Gasteiger partial charge on any atom is 0.251 e. The fourth-order valence-electron chi connectivity index (χ4n) is 4.14. The van der Waals surface area contributed by atoms with Gasteiger partial charge in [-0.3, -0.25) is 9.79 Å². The number of nitrogens with zero attached hydrogens (tertiary/aromatic N) is 1. The topological polar surface area (TPSA) is 95.0 Å². The van der Waals surface area contributed by atoms with Crippen molar-refractivity contribution in [1.29, 1.82) is 0 Å². The number of hydrogen-bond donors (Lipinski definition) is 4. The molecule has 28 heavy (non-hydrogen) atoms. The lowest BCUT2D eigenvalue weighted by Crippen LogP contribution is -2.68. The lowest BCUT2D eigenvalue weighted by atomic mass is 9.57. The zero-order valence-corrected chi connectivity index (χ0v) is 19.0. The molecule has 1 saturated carbocycles. The van der Waals surface area contributed by atoms with E-state index in [-0.39, 0.29) is 41.0 Å².